The number of rotatable bonds is 5. The first-order valence-electron chi connectivity index (χ1n) is 13.4. The molecule has 6 rings (SSSR count). The molecule has 0 amide bonds. The fraction of sp³-hybridized carbons (Fsp3) is 0.483. The van der Waals surface area contributed by atoms with Crippen molar-refractivity contribution in [3.63, 3.8) is 0 Å². The minimum absolute atomic E-state index is 0. The molecule has 3 aliphatic heterocycles. The van der Waals surface area contributed by atoms with Gasteiger partial charge in [-0.05, 0) is 64.1 Å². The molecular formula is C29H34ClFN4O5. The Kier molecular flexibility index (Phi) is 7.41. The maximum Gasteiger partial charge on any atom is 0.343 e. The second kappa shape index (κ2) is 10.4. The van der Waals surface area contributed by atoms with E-state index < -0.39 is 17.4 Å². The van der Waals surface area contributed by atoms with Gasteiger partial charge in [0.1, 0.15) is 6.61 Å². The second-order valence-corrected chi connectivity index (χ2v) is 11.0. The minimum Gasteiger partial charge on any atom is -0.494 e. The lowest BCUT2D eigenvalue weighted by atomic mass is 9.86. The highest BCUT2D eigenvalue weighted by Crippen LogP contribution is 2.41. The number of aliphatic hydroxyl groups is 1. The number of hydrogen-bond acceptors (Lipinski definition) is 8. The monoisotopic (exact) mass is 572 g/mol. The van der Waals surface area contributed by atoms with E-state index in [2.05, 4.69) is 23.9 Å². The highest BCUT2D eigenvalue weighted by Gasteiger charge is 2.45. The summed E-state index contributed by atoms with van der Waals surface area (Å²) < 4.78 is 27.0. The number of ether oxygens (including phenoxy) is 2. The molecule has 0 unspecified atom stereocenters. The SMILES string of the molecule is CC[C@@]1(O)C(=O)OCc2c1cc1n(c2=O)Cc2c-1nc1cc(F)c(OC)cc1c2CN1CCC(N(C)C)CC1.Cl. The zero-order valence-corrected chi connectivity index (χ0v) is 23.9. The number of nitrogens with zero attached hydrogens (tertiary/aromatic N) is 4. The van der Waals surface area contributed by atoms with Crippen LogP contribution in [0.15, 0.2) is 23.0 Å². The molecule has 5 heterocycles. The molecule has 0 saturated carbocycles. The number of pyridine rings is 2. The third-order valence-corrected chi connectivity index (χ3v) is 8.75. The summed E-state index contributed by atoms with van der Waals surface area (Å²) in [4.78, 5) is 35.7. The first-order valence-corrected chi connectivity index (χ1v) is 13.4. The summed E-state index contributed by atoms with van der Waals surface area (Å²) in [6.45, 7) is 4.25. The third-order valence-electron chi connectivity index (χ3n) is 8.75. The number of halogens is 2. The van der Waals surface area contributed by atoms with E-state index in [4.69, 9.17) is 14.5 Å². The van der Waals surface area contributed by atoms with Gasteiger partial charge in [0.2, 0.25) is 0 Å². The molecule has 0 aliphatic carbocycles. The van der Waals surface area contributed by atoms with Crippen molar-refractivity contribution in [2.45, 2.75) is 57.5 Å². The Labute approximate surface area is 237 Å². The van der Waals surface area contributed by atoms with Crippen LogP contribution in [0.5, 0.6) is 5.75 Å². The maximum atomic E-state index is 14.8. The molecule has 0 spiro atoms. The summed E-state index contributed by atoms with van der Waals surface area (Å²) in [5, 5.41) is 12.0. The molecule has 3 aromatic rings. The minimum atomic E-state index is -1.90. The van der Waals surface area contributed by atoms with E-state index in [0.29, 0.717) is 36.0 Å². The quantitative estimate of drug-likeness (QED) is 0.364. The lowest BCUT2D eigenvalue weighted by Crippen LogP contribution is -2.44. The van der Waals surface area contributed by atoms with Gasteiger partial charge in [0, 0.05) is 35.2 Å². The first kappa shape index (κ1) is 28.5. The van der Waals surface area contributed by atoms with Crippen LogP contribution in [0.1, 0.15) is 48.4 Å². The molecule has 9 nitrogen and oxygen atoms in total. The number of hydrogen-bond donors (Lipinski definition) is 1. The van der Waals surface area contributed by atoms with E-state index in [9.17, 15) is 19.1 Å². The first-order chi connectivity index (χ1) is 18.7. The Hall–Kier alpha value is -3.05. The van der Waals surface area contributed by atoms with Crippen molar-refractivity contribution in [1.29, 1.82) is 0 Å². The van der Waals surface area contributed by atoms with Crippen molar-refractivity contribution in [2.75, 3.05) is 34.3 Å². The number of aromatic nitrogens is 2. The van der Waals surface area contributed by atoms with Gasteiger partial charge in [-0.1, -0.05) is 6.92 Å². The van der Waals surface area contributed by atoms with Gasteiger partial charge in [-0.3, -0.25) is 9.69 Å². The van der Waals surface area contributed by atoms with Crippen LogP contribution in [0.4, 0.5) is 4.39 Å². The average molecular weight is 573 g/mol. The van der Waals surface area contributed by atoms with Crippen molar-refractivity contribution in [3.8, 4) is 17.1 Å². The number of fused-ring (bicyclic) bond motifs is 5. The molecule has 1 aromatic carbocycles. The van der Waals surface area contributed by atoms with Gasteiger partial charge in [-0.2, -0.15) is 0 Å². The van der Waals surface area contributed by atoms with Crippen molar-refractivity contribution in [3.05, 3.63) is 56.6 Å². The number of carbonyl (C=O) groups is 1. The molecular weight excluding hydrogens is 539 g/mol. The number of likely N-dealkylation sites (tertiary alicyclic amines) is 1. The standard InChI is InChI=1S/C29H33FN4O5.ClH/c1-5-29(37)21-11-24-26-19(14-34(24)27(35)20(21)15-39-28(29)36)18(13-33-8-6-16(7-9-33)32(2)3)17-10-25(38-4)22(30)12-23(17)31-26;/h10-12,16,37H,5-9,13-15H2,1-4H3;1H/t29-;/m0./s1. The van der Waals surface area contributed by atoms with E-state index >= 15 is 0 Å². The van der Waals surface area contributed by atoms with Gasteiger partial charge in [-0.15, -0.1) is 12.4 Å². The highest BCUT2D eigenvalue weighted by molar-refractivity contribution is 5.90. The number of cyclic esters (lactones) is 1. The van der Waals surface area contributed by atoms with E-state index in [1.807, 2.05) is 0 Å². The Balaban J connectivity index is 0.00000323. The Morgan fingerprint density at radius 2 is 1.93 bits per heavy atom. The van der Waals surface area contributed by atoms with Crippen LogP contribution in [-0.2, 0) is 34.8 Å². The smallest absolute Gasteiger partial charge is 0.343 e. The molecule has 1 atom stereocenters. The van der Waals surface area contributed by atoms with Gasteiger partial charge >= 0.3 is 5.97 Å². The summed E-state index contributed by atoms with van der Waals surface area (Å²) in [6, 6.07) is 5.29. The van der Waals surface area contributed by atoms with Crippen molar-refractivity contribution in [2.24, 2.45) is 0 Å². The Morgan fingerprint density at radius 1 is 1.20 bits per heavy atom. The van der Waals surface area contributed by atoms with E-state index in [-0.39, 0.29) is 47.9 Å². The molecule has 1 fully saturated rings. The topological polar surface area (TPSA) is 97.1 Å². The number of carbonyl (C=O) groups excluding carboxylic acids is 1. The van der Waals surface area contributed by atoms with Crippen molar-refractivity contribution in [1.82, 2.24) is 19.4 Å². The van der Waals surface area contributed by atoms with Gasteiger partial charge in [0.05, 0.1) is 36.1 Å². The zero-order valence-electron chi connectivity index (χ0n) is 23.1. The molecule has 1 N–H and O–H groups in total. The number of benzene rings is 1. The highest BCUT2D eigenvalue weighted by atomic mass is 35.5. The van der Waals surface area contributed by atoms with E-state index in [1.165, 1.54) is 13.2 Å². The predicted octanol–water partition coefficient (Wildman–Crippen LogP) is 3.18. The van der Waals surface area contributed by atoms with E-state index in [0.717, 1.165) is 42.4 Å². The second-order valence-electron chi connectivity index (χ2n) is 11.0. The average Bonchev–Trinajstić information content (AvgIpc) is 3.29. The normalized spacial score (nSPS) is 20.6. The maximum absolute atomic E-state index is 14.8. The largest absolute Gasteiger partial charge is 0.494 e. The number of esters is 1. The molecule has 0 bridgehead atoms. The van der Waals surface area contributed by atoms with Gasteiger partial charge < -0.3 is 24.0 Å². The van der Waals surface area contributed by atoms with Gasteiger partial charge in [0.25, 0.3) is 5.56 Å². The van der Waals surface area contributed by atoms with Gasteiger partial charge in [0.15, 0.2) is 17.2 Å². The van der Waals surface area contributed by atoms with Crippen LogP contribution >= 0.6 is 12.4 Å². The van der Waals surface area contributed by atoms with Crippen LogP contribution in [0.3, 0.4) is 0 Å². The molecule has 214 valence electrons. The fourth-order valence-corrected chi connectivity index (χ4v) is 6.32. The summed E-state index contributed by atoms with van der Waals surface area (Å²) in [5.41, 5.74) is 1.75. The lowest BCUT2D eigenvalue weighted by molar-refractivity contribution is -0.172. The fourth-order valence-electron chi connectivity index (χ4n) is 6.32. The van der Waals surface area contributed by atoms with E-state index in [1.54, 1.807) is 23.6 Å². The van der Waals surface area contributed by atoms with Crippen molar-refractivity contribution < 1.29 is 23.8 Å². The molecule has 2 aromatic heterocycles. The Morgan fingerprint density at radius 3 is 2.58 bits per heavy atom. The molecule has 40 heavy (non-hydrogen) atoms. The summed E-state index contributed by atoms with van der Waals surface area (Å²) in [7, 11) is 5.66. The third kappa shape index (κ3) is 4.29. The summed E-state index contributed by atoms with van der Waals surface area (Å²) >= 11 is 0. The zero-order chi connectivity index (χ0) is 27.6. The van der Waals surface area contributed by atoms with Crippen LogP contribution in [0.25, 0.3) is 22.3 Å². The van der Waals surface area contributed by atoms with Crippen molar-refractivity contribution >= 4 is 29.3 Å². The van der Waals surface area contributed by atoms with Crippen LogP contribution in [0, 0.1) is 5.82 Å². The summed E-state index contributed by atoms with van der Waals surface area (Å²) in [5.74, 6) is -1.13. The predicted molar refractivity (Wildman–Crippen MR) is 150 cm³/mol. The molecule has 1 saturated heterocycles. The van der Waals surface area contributed by atoms with Crippen LogP contribution < -0.4 is 10.3 Å². The van der Waals surface area contributed by atoms with Crippen LogP contribution in [0.2, 0.25) is 0 Å². The lowest BCUT2D eigenvalue weighted by Gasteiger charge is -2.35. The molecule has 0 radical (unpaired) electrons. The molecule has 3 aliphatic rings. The number of piperidine rings is 1. The van der Waals surface area contributed by atoms with Crippen LogP contribution in [-0.4, -0.2) is 70.8 Å². The van der Waals surface area contributed by atoms with Gasteiger partial charge in [-0.25, -0.2) is 14.2 Å². The Bertz CT molecular complexity index is 1570. The number of methoxy groups -OCH3 is 1. The molecule has 11 heteroatoms. The summed E-state index contributed by atoms with van der Waals surface area (Å²) in [6.07, 6.45) is 2.16.